The Hall–Kier alpha value is -2.35. The molecule has 0 aliphatic heterocycles. The number of anilines is 1. The lowest BCUT2D eigenvalue weighted by atomic mass is 10.3. The number of halogens is 2. The Labute approximate surface area is 127 Å². The smallest absolute Gasteiger partial charge is 0.371 e. The van der Waals surface area contributed by atoms with Crippen molar-refractivity contribution in [1.82, 2.24) is 5.32 Å². The summed E-state index contributed by atoms with van der Waals surface area (Å²) in [5.74, 6) is -1.72. The van der Waals surface area contributed by atoms with E-state index in [2.05, 4.69) is 26.6 Å². The van der Waals surface area contributed by atoms with Crippen molar-refractivity contribution in [3.8, 4) is 0 Å². The number of carboxylic acid groups (broad SMARTS) is 1. The molecule has 6 nitrogen and oxygen atoms in total. The first-order valence-electron chi connectivity index (χ1n) is 5.78. The fourth-order valence-electron chi connectivity index (χ4n) is 1.53. The molecule has 0 saturated carbocycles. The van der Waals surface area contributed by atoms with Crippen LogP contribution in [0.3, 0.4) is 0 Å². The van der Waals surface area contributed by atoms with Crippen LogP contribution in [0, 0.1) is 5.82 Å². The number of carbonyl (C=O) groups excluding carboxylic acids is 1. The molecule has 0 unspecified atom stereocenters. The predicted octanol–water partition coefficient (Wildman–Crippen LogP) is 3.20. The van der Waals surface area contributed by atoms with E-state index in [0.29, 0.717) is 4.47 Å². The zero-order valence-corrected chi connectivity index (χ0v) is 12.1. The molecular formula is C13H10BrFN2O4. The average molecular weight is 357 g/mol. The van der Waals surface area contributed by atoms with E-state index in [9.17, 15) is 14.0 Å². The van der Waals surface area contributed by atoms with Gasteiger partial charge in [-0.3, -0.25) is 0 Å². The van der Waals surface area contributed by atoms with E-state index in [1.54, 1.807) is 6.07 Å². The number of urea groups is 1. The van der Waals surface area contributed by atoms with Gasteiger partial charge < -0.3 is 20.2 Å². The lowest BCUT2D eigenvalue weighted by Gasteiger charge is -2.09. The second-order valence-electron chi connectivity index (χ2n) is 3.98. The van der Waals surface area contributed by atoms with Gasteiger partial charge in [0.05, 0.1) is 12.2 Å². The molecule has 110 valence electrons. The Kier molecular flexibility index (Phi) is 4.59. The summed E-state index contributed by atoms with van der Waals surface area (Å²) < 4.78 is 18.9. The number of benzene rings is 1. The summed E-state index contributed by atoms with van der Waals surface area (Å²) in [6.07, 6.45) is 0. The lowest BCUT2D eigenvalue weighted by Crippen LogP contribution is -2.28. The van der Waals surface area contributed by atoms with E-state index >= 15 is 0 Å². The maximum absolute atomic E-state index is 13.5. The highest BCUT2D eigenvalue weighted by Crippen LogP contribution is 2.24. The van der Waals surface area contributed by atoms with E-state index in [1.807, 2.05) is 0 Å². The Bertz CT molecular complexity index is 666. The molecular weight excluding hydrogens is 347 g/mol. The van der Waals surface area contributed by atoms with Crippen LogP contribution in [0.25, 0.3) is 0 Å². The first-order chi connectivity index (χ1) is 9.97. The maximum atomic E-state index is 13.5. The Morgan fingerprint density at radius 1 is 1.29 bits per heavy atom. The highest BCUT2D eigenvalue weighted by molar-refractivity contribution is 9.10. The molecule has 21 heavy (non-hydrogen) atoms. The van der Waals surface area contributed by atoms with Crippen LogP contribution < -0.4 is 10.6 Å². The summed E-state index contributed by atoms with van der Waals surface area (Å²) in [5, 5.41) is 13.5. The maximum Gasteiger partial charge on any atom is 0.371 e. The highest BCUT2D eigenvalue weighted by Gasteiger charge is 2.12. The number of hydrogen-bond acceptors (Lipinski definition) is 3. The van der Waals surface area contributed by atoms with Crippen molar-refractivity contribution in [3.05, 3.63) is 52.1 Å². The summed E-state index contributed by atoms with van der Waals surface area (Å²) >= 11 is 3.12. The average Bonchev–Trinajstić information content (AvgIpc) is 2.90. The summed E-state index contributed by atoms with van der Waals surface area (Å²) in [6, 6.07) is 6.37. The minimum Gasteiger partial charge on any atom is -0.475 e. The summed E-state index contributed by atoms with van der Waals surface area (Å²) in [7, 11) is 0. The van der Waals surface area contributed by atoms with Gasteiger partial charge in [0.1, 0.15) is 11.6 Å². The van der Waals surface area contributed by atoms with Gasteiger partial charge in [0.2, 0.25) is 5.76 Å². The summed E-state index contributed by atoms with van der Waals surface area (Å²) in [4.78, 5) is 22.3. The van der Waals surface area contributed by atoms with Crippen LogP contribution in [0.4, 0.5) is 14.9 Å². The molecule has 0 atom stereocenters. The molecule has 1 heterocycles. The third kappa shape index (κ3) is 3.82. The number of nitrogens with one attached hydrogen (secondary N) is 2. The third-order valence-corrected chi connectivity index (χ3v) is 3.16. The van der Waals surface area contributed by atoms with Gasteiger partial charge in [0.25, 0.3) is 0 Å². The van der Waals surface area contributed by atoms with Gasteiger partial charge in [-0.2, -0.15) is 0 Å². The van der Waals surface area contributed by atoms with Crippen LogP contribution in [-0.4, -0.2) is 17.1 Å². The van der Waals surface area contributed by atoms with Crippen LogP contribution in [0.2, 0.25) is 0 Å². The number of carboxylic acids is 1. The van der Waals surface area contributed by atoms with Crippen molar-refractivity contribution in [2.75, 3.05) is 5.32 Å². The molecule has 8 heteroatoms. The molecule has 0 bridgehead atoms. The Morgan fingerprint density at radius 2 is 2.05 bits per heavy atom. The fourth-order valence-corrected chi connectivity index (χ4v) is 1.97. The highest BCUT2D eigenvalue weighted by atomic mass is 79.9. The molecule has 0 saturated heterocycles. The largest absolute Gasteiger partial charge is 0.475 e. The predicted molar refractivity (Wildman–Crippen MR) is 75.6 cm³/mol. The molecule has 2 rings (SSSR count). The number of amides is 2. The SMILES string of the molecule is O=C(NCc1ccc(C(=O)O)o1)Nc1c(F)cccc1Br. The molecule has 1 aromatic carbocycles. The Balaban J connectivity index is 1.94. The molecule has 2 amide bonds. The number of hydrogen-bond donors (Lipinski definition) is 3. The van der Waals surface area contributed by atoms with Crippen molar-refractivity contribution >= 4 is 33.6 Å². The van der Waals surface area contributed by atoms with Gasteiger partial charge in [0, 0.05) is 4.47 Å². The zero-order valence-electron chi connectivity index (χ0n) is 10.5. The van der Waals surface area contributed by atoms with Crippen molar-refractivity contribution < 1.29 is 23.5 Å². The first-order valence-corrected chi connectivity index (χ1v) is 6.57. The minimum atomic E-state index is -1.19. The molecule has 0 aliphatic carbocycles. The molecule has 2 aromatic rings. The van der Waals surface area contributed by atoms with Crippen LogP contribution in [0.15, 0.2) is 39.2 Å². The summed E-state index contributed by atoms with van der Waals surface area (Å²) in [5.41, 5.74) is 0.0145. The van der Waals surface area contributed by atoms with Gasteiger partial charge in [-0.1, -0.05) is 6.07 Å². The third-order valence-electron chi connectivity index (χ3n) is 2.50. The lowest BCUT2D eigenvalue weighted by molar-refractivity contribution is 0.0660. The first kappa shape index (κ1) is 15.0. The van der Waals surface area contributed by atoms with Gasteiger partial charge in [0.15, 0.2) is 0 Å². The van der Waals surface area contributed by atoms with E-state index in [0.717, 1.165) is 0 Å². The van der Waals surface area contributed by atoms with Crippen LogP contribution >= 0.6 is 15.9 Å². The number of aromatic carboxylic acids is 1. The quantitative estimate of drug-likeness (QED) is 0.784. The van der Waals surface area contributed by atoms with Crippen LogP contribution in [-0.2, 0) is 6.54 Å². The van der Waals surface area contributed by atoms with E-state index < -0.39 is 17.8 Å². The number of furan rings is 1. The van der Waals surface area contributed by atoms with Crippen molar-refractivity contribution in [1.29, 1.82) is 0 Å². The van der Waals surface area contributed by atoms with Crippen LogP contribution in [0.5, 0.6) is 0 Å². The van der Waals surface area contributed by atoms with E-state index in [1.165, 1.54) is 24.3 Å². The van der Waals surface area contributed by atoms with Gasteiger partial charge in [-0.05, 0) is 40.2 Å². The zero-order chi connectivity index (χ0) is 15.4. The van der Waals surface area contributed by atoms with Crippen LogP contribution in [0.1, 0.15) is 16.3 Å². The van der Waals surface area contributed by atoms with Crippen molar-refractivity contribution in [2.24, 2.45) is 0 Å². The molecule has 0 spiro atoms. The van der Waals surface area contributed by atoms with Gasteiger partial charge >= 0.3 is 12.0 Å². The van der Waals surface area contributed by atoms with Gasteiger partial charge in [-0.15, -0.1) is 0 Å². The standard InChI is InChI=1S/C13H10BrFN2O4/c14-8-2-1-3-9(15)11(8)17-13(20)16-6-7-4-5-10(21-7)12(18)19/h1-5H,6H2,(H,18,19)(H2,16,17,20). The minimum absolute atomic E-state index is 0.0145. The Morgan fingerprint density at radius 3 is 2.67 bits per heavy atom. The molecule has 0 radical (unpaired) electrons. The normalized spacial score (nSPS) is 10.2. The second kappa shape index (κ2) is 6.40. The molecule has 0 fully saturated rings. The number of para-hydroxylation sites is 1. The van der Waals surface area contributed by atoms with E-state index in [4.69, 9.17) is 9.52 Å². The fraction of sp³-hybridized carbons (Fsp3) is 0.0769. The topological polar surface area (TPSA) is 91.6 Å². The van der Waals surface area contributed by atoms with Crippen molar-refractivity contribution in [3.63, 3.8) is 0 Å². The van der Waals surface area contributed by atoms with E-state index in [-0.39, 0.29) is 23.8 Å². The second-order valence-corrected chi connectivity index (χ2v) is 4.83. The molecule has 0 aliphatic rings. The van der Waals surface area contributed by atoms with Crippen molar-refractivity contribution in [2.45, 2.75) is 6.54 Å². The monoisotopic (exact) mass is 356 g/mol. The number of rotatable bonds is 4. The number of carbonyl (C=O) groups is 2. The van der Waals surface area contributed by atoms with Gasteiger partial charge in [-0.25, -0.2) is 14.0 Å². The summed E-state index contributed by atoms with van der Waals surface area (Å²) in [6.45, 7) is -0.0226. The molecule has 1 aromatic heterocycles. The molecule has 3 N–H and O–H groups in total.